The molecule has 0 amide bonds. The summed E-state index contributed by atoms with van der Waals surface area (Å²) in [5.74, 6) is 2.28. The molecule has 6 nitrogen and oxygen atoms in total. The van der Waals surface area contributed by atoms with Gasteiger partial charge in [-0.1, -0.05) is 259 Å². The average Bonchev–Trinajstić information content (AvgIpc) is 3.31. The van der Waals surface area contributed by atoms with Crippen LogP contribution in [0, 0.1) is 0 Å². The second-order valence-electron chi connectivity index (χ2n) is 19.2. The van der Waals surface area contributed by atoms with E-state index in [9.17, 15) is 4.79 Å². The summed E-state index contributed by atoms with van der Waals surface area (Å²) < 4.78 is 32.2. The zero-order valence-corrected chi connectivity index (χ0v) is 44.0. The molecule has 0 atom stereocenters. The number of hydrogen-bond donors (Lipinski definition) is 0. The topological polar surface area (TPSA) is 63.2 Å². The fourth-order valence-corrected chi connectivity index (χ4v) is 8.69. The molecule has 1 aromatic carbocycles. The average molecular weight is 914 g/mol. The Morgan fingerprint density at radius 1 is 0.354 bits per heavy atom. The van der Waals surface area contributed by atoms with Crippen LogP contribution >= 0.6 is 0 Å². The lowest BCUT2D eigenvalue weighted by Gasteiger charge is -2.22. The molecule has 0 aromatic heterocycles. The van der Waals surface area contributed by atoms with E-state index in [-0.39, 0.29) is 5.97 Å². The Morgan fingerprint density at radius 3 is 0.954 bits per heavy atom. The van der Waals surface area contributed by atoms with E-state index in [0.717, 1.165) is 56.9 Å². The first-order chi connectivity index (χ1) is 32.1. The van der Waals surface area contributed by atoms with Gasteiger partial charge in [-0.3, -0.25) is 0 Å². The molecule has 1 rings (SSSR count). The van der Waals surface area contributed by atoms with Gasteiger partial charge in [-0.15, -0.1) is 0 Å². The van der Waals surface area contributed by atoms with Crippen molar-refractivity contribution in [1.82, 2.24) is 0 Å². The molecule has 65 heavy (non-hydrogen) atoms. The van der Waals surface area contributed by atoms with Gasteiger partial charge < -0.3 is 23.7 Å². The second kappa shape index (κ2) is 48.1. The summed E-state index contributed by atoms with van der Waals surface area (Å²) in [5.41, 5.74) is 0.738. The number of benzene rings is 1. The van der Waals surface area contributed by atoms with Gasteiger partial charge in [-0.2, -0.15) is 0 Å². The third-order valence-electron chi connectivity index (χ3n) is 12.9. The highest BCUT2D eigenvalue weighted by atomic mass is 16.5. The van der Waals surface area contributed by atoms with Gasteiger partial charge in [0, 0.05) is 12.1 Å². The van der Waals surface area contributed by atoms with Crippen LogP contribution in [0.3, 0.4) is 0 Å². The number of unbranched alkanes of at least 4 members (excludes halogenated alkanes) is 36. The number of ether oxygens (including phenoxy) is 5. The van der Waals surface area contributed by atoms with E-state index >= 15 is 0 Å². The maximum absolute atomic E-state index is 12.8. The standard InChI is InChI=1S/C59H108O6/c1-6-11-15-19-23-27-31-35-39-43-49-62-55-53-56(63-50-44-40-36-32-28-24-20-16-12-7-2)59(65-52-46-42-38-34-30-26-22-18-14-9-4)58(54(55)47-48-57(60)61-10-5)64-51-45-41-37-33-29-25-21-17-13-8-3/h47-48,53H,6-46,49-52H2,1-5H3. The first-order valence-electron chi connectivity index (χ1n) is 28.7. The van der Waals surface area contributed by atoms with Crippen molar-refractivity contribution < 1.29 is 28.5 Å². The van der Waals surface area contributed by atoms with Crippen LogP contribution in [0.5, 0.6) is 23.0 Å². The minimum absolute atomic E-state index is 0.326. The van der Waals surface area contributed by atoms with Gasteiger partial charge >= 0.3 is 5.97 Å². The van der Waals surface area contributed by atoms with E-state index in [1.807, 2.05) is 19.1 Å². The lowest BCUT2D eigenvalue weighted by molar-refractivity contribution is -0.137. The number of rotatable bonds is 51. The summed E-state index contributed by atoms with van der Waals surface area (Å²) in [4.78, 5) is 12.8. The number of carbonyl (C=O) groups is 1. The van der Waals surface area contributed by atoms with Crippen molar-refractivity contribution in [3.8, 4) is 23.0 Å². The predicted octanol–water partition coefficient (Wildman–Crippen LogP) is 19.5. The van der Waals surface area contributed by atoms with Gasteiger partial charge in [0.25, 0.3) is 0 Å². The van der Waals surface area contributed by atoms with Crippen LogP contribution in [-0.2, 0) is 9.53 Å². The van der Waals surface area contributed by atoms with Crippen LogP contribution in [0.1, 0.15) is 297 Å². The van der Waals surface area contributed by atoms with E-state index in [1.165, 1.54) is 212 Å². The molecule has 0 heterocycles. The van der Waals surface area contributed by atoms with Crippen LogP contribution in [0.25, 0.3) is 6.08 Å². The minimum atomic E-state index is -0.372. The van der Waals surface area contributed by atoms with Gasteiger partial charge in [-0.25, -0.2) is 4.79 Å². The largest absolute Gasteiger partial charge is 0.493 e. The Kier molecular flexibility index (Phi) is 44.9. The van der Waals surface area contributed by atoms with Crippen LogP contribution in [-0.4, -0.2) is 39.0 Å². The molecular formula is C59H108O6. The quantitative estimate of drug-likeness (QED) is 0.0369. The molecule has 0 bridgehead atoms. The first kappa shape index (κ1) is 60.6. The van der Waals surface area contributed by atoms with Crippen molar-refractivity contribution in [1.29, 1.82) is 0 Å². The van der Waals surface area contributed by atoms with Gasteiger partial charge in [0.05, 0.1) is 38.6 Å². The van der Waals surface area contributed by atoms with Crippen molar-refractivity contribution in [3.63, 3.8) is 0 Å². The zero-order chi connectivity index (χ0) is 46.9. The van der Waals surface area contributed by atoms with Crippen LogP contribution < -0.4 is 18.9 Å². The SMILES string of the molecule is CCCCCCCCCCCCOc1cc(OCCCCCCCCCCCC)c(OCCCCCCCCCCCC)c(OCCCCCCCCCCCC)c1C=CC(=O)OCC. The fourth-order valence-electron chi connectivity index (χ4n) is 8.69. The van der Waals surface area contributed by atoms with E-state index in [0.29, 0.717) is 56.0 Å². The maximum Gasteiger partial charge on any atom is 0.330 e. The maximum atomic E-state index is 12.8. The van der Waals surface area contributed by atoms with E-state index in [2.05, 4.69) is 27.7 Å². The van der Waals surface area contributed by atoms with E-state index in [1.54, 1.807) is 0 Å². The lowest BCUT2D eigenvalue weighted by atomic mass is 10.1. The summed E-state index contributed by atoms with van der Waals surface area (Å²) in [6, 6.07) is 2.01. The van der Waals surface area contributed by atoms with Crippen molar-refractivity contribution in [2.45, 2.75) is 291 Å². The first-order valence-corrected chi connectivity index (χ1v) is 28.7. The zero-order valence-electron chi connectivity index (χ0n) is 44.0. The molecule has 6 heteroatoms. The normalized spacial score (nSPS) is 11.5. The van der Waals surface area contributed by atoms with Gasteiger partial charge in [0.15, 0.2) is 11.5 Å². The summed E-state index contributed by atoms with van der Waals surface area (Å²) in [7, 11) is 0. The van der Waals surface area contributed by atoms with E-state index in [4.69, 9.17) is 23.7 Å². The summed E-state index contributed by atoms with van der Waals surface area (Å²) >= 11 is 0. The monoisotopic (exact) mass is 913 g/mol. The Labute approximate surface area is 404 Å². The molecule has 0 spiro atoms. The van der Waals surface area contributed by atoms with Gasteiger partial charge in [0.1, 0.15) is 5.75 Å². The molecule has 0 fully saturated rings. The number of hydrogen-bond acceptors (Lipinski definition) is 6. The fraction of sp³-hybridized carbons (Fsp3) is 0.847. The third kappa shape index (κ3) is 36.4. The Hall–Kier alpha value is -2.37. The highest BCUT2D eigenvalue weighted by Crippen LogP contribution is 2.47. The summed E-state index contributed by atoms with van der Waals surface area (Å²) in [6.07, 6.45) is 54.3. The Morgan fingerprint density at radius 2 is 0.631 bits per heavy atom. The molecule has 0 aliphatic heterocycles. The summed E-state index contributed by atoms with van der Waals surface area (Å²) in [6.45, 7) is 13.7. The minimum Gasteiger partial charge on any atom is -0.493 e. The molecule has 0 aliphatic carbocycles. The molecule has 1 aromatic rings. The molecular weight excluding hydrogens is 805 g/mol. The molecule has 0 aliphatic rings. The summed E-state index contributed by atoms with van der Waals surface area (Å²) in [5, 5.41) is 0. The third-order valence-corrected chi connectivity index (χ3v) is 12.9. The van der Waals surface area contributed by atoms with E-state index < -0.39 is 0 Å². The number of carbonyl (C=O) groups excluding carboxylic acids is 1. The molecule has 0 N–H and O–H groups in total. The molecule has 0 saturated carbocycles. The molecule has 0 unspecified atom stereocenters. The Bertz CT molecular complexity index is 1200. The molecule has 0 radical (unpaired) electrons. The van der Waals surface area contributed by atoms with Crippen molar-refractivity contribution in [2.24, 2.45) is 0 Å². The second-order valence-corrected chi connectivity index (χ2v) is 19.2. The Balaban J connectivity index is 3.23. The van der Waals surface area contributed by atoms with Gasteiger partial charge in [0.2, 0.25) is 5.75 Å². The van der Waals surface area contributed by atoms with Gasteiger partial charge in [-0.05, 0) is 38.7 Å². The molecule has 0 saturated heterocycles. The van der Waals surface area contributed by atoms with Crippen molar-refractivity contribution in [3.05, 3.63) is 17.7 Å². The van der Waals surface area contributed by atoms with Crippen LogP contribution in [0.4, 0.5) is 0 Å². The van der Waals surface area contributed by atoms with Crippen molar-refractivity contribution in [2.75, 3.05) is 33.0 Å². The highest BCUT2D eigenvalue weighted by molar-refractivity contribution is 5.89. The molecule has 380 valence electrons. The lowest BCUT2D eigenvalue weighted by Crippen LogP contribution is -2.09. The van der Waals surface area contributed by atoms with Crippen molar-refractivity contribution >= 4 is 12.0 Å². The number of esters is 1. The smallest absolute Gasteiger partial charge is 0.330 e. The predicted molar refractivity (Wildman–Crippen MR) is 281 cm³/mol. The van der Waals surface area contributed by atoms with Crippen LogP contribution in [0.2, 0.25) is 0 Å². The highest BCUT2D eigenvalue weighted by Gasteiger charge is 2.23. The van der Waals surface area contributed by atoms with Crippen LogP contribution in [0.15, 0.2) is 12.1 Å².